The van der Waals surface area contributed by atoms with Gasteiger partial charge < -0.3 is 5.32 Å². The van der Waals surface area contributed by atoms with E-state index >= 15 is 0 Å². The van der Waals surface area contributed by atoms with E-state index in [0.29, 0.717) is 6.42 Å². The largest absolute Gasteiger partial charge is 0.324 e. The number of fused-ring (bicyclic) bond motifs is 1. The maximum Gasteiger partial charge on any atom is 0.224 e. The predicted octanol–water partition coefficient (Wildman–Crippen LogP) is 5.79. The number of benzene rings is 1. The molecule has 1 amide bonds. The molecule has 0 aliphatic rings. The number of nitrogens with zero attached hydrogens (tertiary/aromatic N) is 1. The molecule has 1 heterocycles. The molecule has 0 atom stereocenters. The van der Waals surface area contributed by atoms with Crippen molar-refractivity contribution in [2.45, 2.75) is 58.3 Å². The third kappa shape index (κ3) is 5.48. The van der Waals surface area contributed by atoms with E-state index in [2.05, 4.69) is 23.8 Å². The highest BCUT2D eigenvalue weighted by Gasteiger charge is 2.07. The first kappa shape index (κ1) is 18.2. The van der Waals surface area contributed by atoms with Crippen LogP contribution in [0.5, 0.6) is 0 Å². The van der Waals surface area contributed by atoms with Crippen molar-refractivity contribution in [1.29, 1.82) is 0 Å². The Kier molecular flexibility index (Phi) is 7.47. The number of pyridine rings is 1. The average Bonchev–Trinajstić information content (AvgIpc) is 2.58. The molecule has 2 rings (SSSR count). The Bertz CT molecular complexity index is 679. The van der Waals surface area contributed by atoms with Crippen molar-refractivity contribution in [3.8, 4) is 0 Å². The van der Waals surface area contributed by atoms with Crippen molar-refractivity contribution in [2.24, 2.45) is 0 Å². The highest BCUT2D eigenvalue weighted by atomic mass is 16.1. The zero-order chi connectivity index (χ0) is 17.2. The fourth-order valence-electron chi connectivity index (χ4n) is 2.91. The van der Waals surface area contributed by atoms with E-state index in [1.54, 1.807) is 6.20 Å². The summed E-state index contributed by atoms with van der Waals surface area (Å²) in [7, 11) is 0. The maximum absolute atomic E-state index is 12.2. The number of amides is 1. The average molecular weight is 324 g/mol. The van der Waals surface area contributed by atoms with Crippen LogP contribution in [0.3, 0.4) is 0 Å². The number of unbranched alkanes of at least 4 members (excludes halogenated alkanes) is 6. The molecule has 2 aromatic rings. The molecule has 1 N–H and O–H groups in total. The van der Waals surface area contributed by atoms with Crippen molar-refractivity contribution < 1.29 is 4.79 Å². The SMILES string of the molecule is C=CCCCCCCCCC(=O)Nc1cccc2c(C)ccnc12. The zero-order valence-corrected chi connectivity index (χ0v) is 14.7. The summed E-state index contributed by atoms with van der Waals surface area (Å²) >= 11 is 0. The van der Waals surface area contributed by atoms with Gasteiger partial charge >= 0.3 is 0 Å². The molecule has 0 saturated heterocycles. The quantitative estimate of drug-likeness (QED) is 0.444. The van der Waals surface area contributed by atoms with Crippen LogP contribution in [0.2, 0.25) is 0 Å². The van der Waals surface area contributed by atoms with Gasteiger partial charge in [-0.15, -0.1) is 6.58 Å². The minimum atomic E-state index is 0.0810. The second-order valence-electron chi connectivity index (χ2n) is 6.33. The number of allylic oxidation sites excluding steroid dienone is 1. The number of rotatable bonds is 10. The maximum atomic E-state index is 12.2. The van der Waals surface area contributed by atoms with Crippen LogP contribution in [0.15, 0.2) is 43.1 Å². The normalized spacial score (nSPS) is 10.7. The monoisotopic (exact) mass is 324 g/mol. The Morgan fingerprint density at radius 1 is 1.12 bits per heavy atom. The van der Waals surface area contributed by atoms with Gasteiger partial charge in [-0.3, -0.25) is 9.78 Å². The van der Waals surface area contributed by atoms with Gasteiger partial charge in [0.05, 0.1) is 11.2 Å². The molecule has 0 bridgehead atoms. The summed E-state index contributed by atoms with van der Waals surface area (Å²) in [4.78, 5) is 16.6. The molecule has 24 heavy (non-hydrogen) atoms. The van der Waals surface area contributed by atoms with Gasteiger partial charge in [-0.2, -0.15) is 0 Å². The van der Waals surface area contributed by atoms with Gasteiger partial charge in [-0.05, 0) is 43.9 Å². The predicted molar refractivity (Wildman–Crippen MR) is 102 cm³/mol. The fourth-order valence-corrected chi connectivity index (χ4v) is 2.91. The van der Waals surface area contributed by atoms with E-state index in [0.717, 1.165) is 35.9 Å². The topological polar surface area (TPSA) is 42.0 Å². The van der Waals surface area contributed by atoms with Crippen LogP contribution in [-0.2, 0) is 4.79 Å². The molecular formula is C21H28N2O. The van der Waals surface area contributed by atoms with Crippen LogP contribution in [0, 0.1) is 6.92 Å². The fraction of sp³-hybridized carbons (Fsp3) is 0.429. The third-order valence-corrected chi connectivity index (χ3v) is 4.33. The molecule has 0 radical (unpaired) electrons. The molecule has 0 spiro atoms. The number of aryl methyl sites for hydroxylation is 1. The van der Waals surface area contributed by atoms with E-state index in [1.165, 1.54) is 31.2 Å². The minimum absolute atomic E-state index is 0.0810. The van der Waals surface area contributed by atoms with Crippen molar-refractivity contribution in [3.63, 3.8) is 0 Å². The molecular weight excluding hydrogens is 296 g/mol. The first-order valence-corrected chi connectivity index (χ1v) is 8.97. The lowest BCUT2D eigenvalue weighted by Gasteiger charge is -2.09. The number of carbonyl (C=O) groups excluding carboxylic acids is 1. The standard InChI is InChI=1S/C21H28N2O/c1-3-4-5-6-7-8-9-10-14-20(24)23-19-13-11-12-18-17(2)15-16-22-21(18)19/h3,11-13,15-16H,1,4-10,14H2,2H3,(H,23,24). The number of carbonyl (C=O) groups is 1. The summed E-state index contributed by atoms with van der Waals surface area (Å²) < 4.78 is 0. The number of nitrogens with one attached hydrogen (secondary N) is 1. The van der Waals surface area contributed by atoms with Crippen LogP contribution in [0.4, 0.5) is 5.69 Å². The van der Waals surface area contributed by atoms with Gasteiger partial charge in [0.2, 0.25) is 5.91 Å². The van der Waals surface area contributed by atoms with Crippen molar-refractivity contribution in [2.75, 3.05) is 5.32 Å². The number of hydrogen-bond donors (Lipinski definition) is 1. The lowest BCUT2D eigenvalue weighted by atomic mass is 10.1. The Balaban J connectivity index is 1.75. The van der Waals surface area contributed by atoms with E-state index in [9.17, 15) is 4.79 Å². The van der Waals surface area contributed by atoms with Gasteiger partial charge in [0.25, 0.3) is 0 Å². The third-order valence-electron chi connectivity index (χ3n) is 4.33. The summed E-state index contributed by atoms with van der Waals surface area (Å²) in [5.41, 5.74) is 2.85. The zero-order valence-electron chi connectivity index (χ0n) is 14.7. The highest BCUT2D eigenvalue weighted by molar-refractivity contribution is 6.00. The van der Waals surface area contributed by atoms with Crippen molar-refractivity contribution >= 4 is 22.5 Å². The van der Waals surface area contributed by atoms with Crippen LogP contribution < -0.4 is 5.32 Å². The van der Waals surface area contributed by atoms with E-state index < -0.39 is 0 Å². The smallest absolute Gasteiger partial charge is 0.224 e. The second-order valence-corrected chi connectivity index (χ2v) is 6.33. The lowest BCUT2D eigenvalue weighted by molar-refractivity contribution is -0.116. The molecule has 1 aromatic heterocycles. The Morgan fingerprint density at radius 2 is 1.88 bits per heavy atom. The van der Waals surface area contributed by atoms with Gasteiger partial charge in [-0.1, -0.05) is 43.9 Å². The second kappa shape index (κ2) is 9.86. The van der Waals surface area contributed by atoms with Crippen LogP contribution >= 0.6 is 0 Å². The molecule has 3 nitrogen and oxygen atoms in total. The van der Waals surface area contributed by atoms with E-state index in [4.69, 9.17) is 0 Å². The Morgan fingerprint density at radius 3 is 2.67 bits per heavy atom. The number of anilines is 1. The molecule has 1 aromatic carbocycles. The number of para-hydroxylation sites is 1. The minimum Gasteiger partial charge on any atom is -0.324 e. The van der Waals surface area contributed by atoms with Gasteiger partial charge in [0.15, 0.2) is 0 Å². The molecule has 0 aliphatic carbocycles. The Labute approximate surface area is 145 Å². The number of hydrogen-bond acceptors (Lipinski definition) is 2. The molecule has 0 aliphatic heterocycles. The summed E-state index contributed by atoms with van der Waals surface area (Å²) in [6, 6.07) is 7.92. The summed E-state index contributed by atoms with van der Waals surface area (Å²) in [6.45, 7) is 5.80. The summed E-state index contributed by atoms with van der Waals surface area (Å²) in [5, 5.41) is 4.11. The van der Waals surface area contributed by atoms with Crippen LogP contribution in [-0.4, -0.2) is 10.9 Å². The van der Waals surface area contributed by atoms with Crippen molar-refractivity contribution in [3.05, 3.63) is 48.7 Å². The van der Waals surface area contributed by atoms with Gasteiger partial charge in [0, 0.05) is 18.0 Å². The molecule has 0 saturated carbocycles. The van der Waals surface area contributed by atoms with Crippen LogP contribution in [0.25, 0.3) is 10.9 Å². The van der Waals surface area contributed by atoms with E-state index in [1.807, 2.05) is 30.3 Å². The molecule has 0 fully saturated rings. The summed E-state index contributed by atoms with van der Waals surface area (Å²) in [5.74, 6) is 0.0810. The van der Waals surface area contributed by atoms with Gasteiger partial charge in [-0.25, -0.2) is 0 Å². The van der Waals surface area contributed by atoms with E-state index in [-0.39, 0.29) is 5.91 Å². The van der Waals surface area contributed by atoms with Gasteiger partial charge in [0.1, 0.15) is 0 Å². The molecule has 128 valence electrons. The Hall–Kier alpha value is -2.16. The highest BCUT2D eigenvalue weighted by Crippen LogP contribution is 2.23. The number of aromatic nitrogens is 1. The summed E-state index contributed by atoms with van der Waals surface area (Å²) in [6.07, 6.45) is 12.5. The molecule has 3 heteroatoms. The molecule has 0 unspecified atom stereocenters. The first-order valence-electron chi connectivity index (χ1n) is 8.97. The van der Waals surface area contributed by atoms with Crippen LogP contribution in [0.1, 0.15) is 56.9 Å². The first-order chi connectivity index (χ1) is 11.7. The van der Waals surface area contributed by atoms with Crippen molar-refractivity contribution in [1.82, 2.24) is 4.98 Å². The lowest BCUT2D eigenvalue weighted by Crippen LogP contribution is -2.11.